The summed E-state index contributed by atoms with van der Waals surface area (Å²) in [4.78, 5) is 8.79. The molecule has 1 aliphatic heterocycles. The number of alkyl halides is 1. The molecule has 1 aromatic carbocycles. The lowest BCUT2D eigenvalue weighted by molar-refractivity contribution is 0.739. The predicted octanol–water partition coefficient (Wildman–Crippen LogP) is 4.07. The van der Waals surface area contributed by atoms with Gasteiger partial charge in [-0.1, -0.05) is 47.6 Å². The van der Waals surface area contributed by atoms with Gasteiger partial charge in [-0.05, 0) is 24.5 Å². The first-order valence-electron chi connectivity index (χ1n) is 6.36. The van der Waals surface area contributed by atoms with E-state index in [0.717, 1.165) is 11.1 Å². The largest absolute Gasteiger partial charge is 0.346 e. The second-order valence-electron chi connectivity index (χ2n) is 4.56. The first kappa shape index (κ1) is 13.5. The highest BCUT2D eigenvalue weighted by atomic mass is 35.5. The van der Waals surface area contributed by atoms with Crippen LogP contribution in [0.2, 0.25) is 0 Å². The van der Waals surface area contributed by atoms with Gasteiger partial charge in [0.05, 0.1) is 5.69 Å². The van der Waals surface area contributed by atoms with Crippen LogP contribution in [-0.4, -0.2) is 15.7 Å². The van der Waals surface area contributed by atoms with Crippen molar-refractivity contribution in [1.29, 1.82) is 0 Å². The Balaban J connectivity index is 1.83. The van der Waals surface area contributed by atoms with Crippen molar-refractivity contribution in [3.8, 4) is 0 Å². The molecule has 2 aromatic rings. The fraction of sp³-hybridized carbons (Fsp3) is 0.200. The number of nitrogens with one attached hydrogen (secondary N) is 1. The average Bonchev–Trinajstić information content (AvgIpc) is 2.47. The Kier molecular flexibility index (Phi) is 3.68. The molecule has 0 radical (unpaired) electrons. The molecule has 0 bridgehead atoms. The highest BCUT2D eigenvalue weighted by Gasteiger charge is 2.29. The van der Waals surface area contributed by atoms with Crippen LogP contribution < -0.4 is 5.32 Å². The van der Waals surface area contributed by atoms with Crippen LogP contribution in [0.3, 0.4) is 0 Å². The summed E-state index contributed by atoms with van der Waals surface area (Å²) in [5, 5.41) is 5.52. The quantitative estimate of drug-likeness (QED) is 0.686. The molecular weight excluding hydrogens is 290 g/mol. The molecule has 0 fully saturated rings. The molecule has 0 saturated carbocycles. The standard InChI is InChI=1S/C15H14ClN3S/c1-11(20-15(16)18-7-4-8-19-15)14-9-12-5-2-3-6-13(12)10-17-14/h2-11,18H,1H3. The Hall–Kier alpha value is -1.52. The topological polar surface area (TPSA) is 37.3 Å². The summed E-state index contributed by atoms with van der Waals surface area (Å²) in [6, 6.07) is 10.3. The molecule has 2 heterocycles. The molecule has 0 saturated heterocycles. The average molecular weight is 304 g/mol. The highest BCUT2D eigenvalue weighted by Crippen LogP contribution is 2.40. The normalized spacial score (nSPS) is 22.7. The monoisotopic (exact) mass is 303 g/mol. The Morgan fingerprint density at radius 3 is 2.85 bits per heavy atom. The number of benzene rings is 1. The van der Waals surface area contributed by atoms with E-state index >= 15 is 0 Å². The van der Waals surface area contributed by atoms with Gasteiger partial charge in [-0.2, -0.15) is 0 Å². The summed E-state index contributed by atoms with van der Waals surface area (Å²) in [5.41, 5.74) is 1.00. The van der Waals surface area contributed by atoms with E-state index in [1.165, 1.54) is 17.1 Å². The van der Waals surface area contributed by atoms with Crippen molar-refractivity contribution in [2.24, 2.45) is 4.99 Å². The van der Waals surface area contributed by atoms with Crippen molar-refractivity contribution in [3.63, 3.8) is 0 Å². The summed E-state index contributed by atoms with van der Waals surface area (Å²) < 4.78 is -0.846. The number of fused-ring (bicyclic) bond motifs is 1. The zero-order valence-corrected chi connectivity index (χ0v) is 12.5. The van der Waals surface area contributed by atoms with Gasteiger partial charge in [0.1, 0.15) is 0 Å². The fourth-order valence-corrected chi connectivity index (χ4v) is 3.55. The van der Waals surface area contributed by atoms with Crippen LogP contribution >= 0.6 is 23.4 Å². The second-order valence-corrected chi connectivity index (χ2v) is 6.86. The molecule has 102 valence electrons. The van der Waals surface area contributed by atoms with Gasteiger partial charge in [0.2, 0.25) is 0 Å². The van der Waals surface area contributed by atoms with Gasteiger partial charge in [0.25, 0.3) is 4.45 Å². The minimum atomic E-state index is -0.846. The summed E-state index contributed by atoms with van der Waals surface area (Å²) >= 11 is 7.94. The lowest BCUT2D eigenvalue weighted by atomic mass is 10.1. The summed E-state index contributed by atoms with van der Waals surface area (Å²) in [7, 11) is 0. The Bertz CT molecular complexity index is 686. The van der Waals surface area contributed by atoms with Gasteiger partial charge in [0, 0.05) is 29.2 Å². The third-order valence-corrected chi connectivity index (χ3v) is 4.69. The first-order valence-corrected chi connectivity index (χ1v) is 7.61. The van der Waals surface area contributed by atoms with E-state index in [4.69, 9.17) is 11.6 Å². The van der Waals surface area contributed by atoms with Crippen LogP contribution in [0, 0.1) is 0 Å². The molecule has 3 nitrogen and oxygen atoms in total. The van der Waals surface area contributed by atoms with Gasteiger partial charge in [0.15, 0.2) is 0 Å². The SMILES string of the molecule is CC(SC1(Cl)N=CC=CN1)c1cc2ccccc2cn1. The van der Waals surface area contributed by atoms with Gasteiger partial charge in [-0.15, -0.1) is 0 Å². The van der Waals surface area contributed by atoms with E-state index in [1.807, 2.05) is 24.4 Å². The Morgan fingerprint density at radius 1 is 1.30 bits per heavy atom. The third-order valence-electron chi connectivity index (χ3n) is 3.09. The van der Waals surface area contributed by atoms with Crippen molar-refractivity contribution in [2.75, 3.05) is 0 Å². The van der Waals surface area contributed by atoms with Crippen molar-refractivity contribution >= 4 is 40.3 Å². The Morgan fingerprint density at radius 2 is 2.10 bits per heavy atom. The number of allylic oxidation sites excluding steroid dienone is 1. The van der Waals surface area contributed by atoms with E-state index in [2.05, 4.69) is 40.4 Å². The smallest absolute Gasteiger partial charge is 0.255 e. The number of nitrogens with zero attached hydrogens (tertiary/aromatic N) is 2. The fourth-order valence-electron chi connectivity index (χ4n) is 2.05. The maximum Gasteiger partial charge on any atom is 0.255 e. The van der Waals surface area contributed by atoms with E-state index in [0.29, 0.717) is 0 Å². The number of rotatable bonds is 3. The number of halogens is 1. The first-order chi connectivity index (χ1) is 9.66. The van der Waals surface area contributed by atoms with Gasteiger partial charge in [-0.25, -0.2) is 4.99 Å². The van der Waals surface area contributed by atoms with E-state index in [-0.39, 0.29) is 5.25 Å². The number of hydrogen-bond donors (Lipinski definition) is 1. The maximum absolute atomic E-state index is 6.41. The summed E-state index contributed by atoms with van der Waals surface area (Å²) in [5.74, 6) is 0. The summed E-state index contributed by atoms with van der Waals surface area (Å²) in [6.45, 7) is 2.08. The lowest BCUT2D eigenvalue weighted by Crippen LogP contribution is -2.33. The van der Waals surface area contributed by atoms with Crippen molar-refractivity contribution in [3.05, 3.63) is 54.5 Å². The van der Waals surface area contributed by atoms with Crippen molar-refractivity contribution < 1.29 is 0 Å². The van der Waals surface area contributed by atoms with Gasteiger partial charge < -0.3 is 5.32 Å². The molecule has 1 N–H and O–H groups in total. The number of aliphatic imine (C=N–C) groups is 1. The Labute approximate surface area is 127 Å². The van der Waals surface area contributed by atoms with Crippen LogP contribution in [0.5, 0.6) is 0 Å². The molecule has 1 aromatic heterocycles. The van der Waals surface area contributed by atoms with Crippen LogP contribution in [0.15, 0.2) is 53.8 Å². The number of aromatic nitrogens is 1. The van der Waals surface area contributed by atoms with Gasteiger partial charge in [-0.3, -0.25) is 4.98 Å². The number of pyridine rings is 1. The van der Waals surface area contributed by atoms with Gasteiger partial charge >= 0.3 is 0 Å². The number of hydrogen-bond acceptors (Lipinski definition) is 4. The molecule has 20 heavy (non-hydrogen) atoms. The maximum atomic E-state index is 6.41. The molecule has 1 aliphatic rings. The van der Waals surface area contributed by atoms with E-state index < -0.39 is 4.45 Å². The third kappa shape index (κ3) is 2.81. The molecule has 0 amide bonds. The number of thioether (sulfide) groups is 1. The van der Waals surface area contributed by atoms with E-state index in [9.17, 15) is 0 Å². The zero-order chi connectivity index (χ0) is 14.0. The molecule has 2 atom stereocenters. The van der Waals surface area contributed by atoms with Crippen LogP contribution in [0.25, 0.3) is 10.8 Å². The lowest BCUT2D eigenvalue weighted by Gasteiger charge is -2.27. The molecule has 0 spiro atoms. The summed E-state index contributed by atoms with van der Waals surface area (Å²) in [6.07, 6.45) is 7.23. The minimum absolute atomic E-state index is 0.133. The van der Waals surface area contributed by atoms with Crippen molar-refractivity contribution in [2.45, 2.75) is 16.6 Å². The van der Waals surface area contributed by atoms with Crippen LogP contribution in [0.1, 0.15) is 17.9 Å². The van der Waals surface area contributed by atoms with Crippen molar-refractivity contribution in [1.82, 2.24) is 10.3 Å². The van der Waals surface area contributed by atoms with Crippen LogP contribution in [0.4, 0.5) is 0 Å². The van der Waals surface area contributed by atoms with E-state index in [1.54, 1.807) is 12.4 Å². The predicted molar refractivity (Wildman–Crippen MR) is 87.1 cm³/mol. The second kappa shape index (κ2) is 5.46. The molecular formula is C15H14ClN3S. The highest BCUT2D eigenvalue weighted by molar-refractivity contribution is 8.02. The molecule has 3 rings (SSSR count). The zero-order valence-electron chi connectivity index (χ0n) is 11.0. The molecule has 5 heteroatoms. The molecule has 0 aliphatic carbocycles. The minimum Gasteiger partial charge on any atom is -0.346 e. The van der Waals surface area contributed by atoms with Crippen LogP contribution in [-0.2, 0) is 0 Å². The molecule has 2 unspecified atom stereocenters.